The van der Waals surface area contributed by atoms with Crippen LogP contribution >= 0.6 is 11.6 Å². The monoisotopic (exact) mass is 325 g/mol. The lowest BCUT2D eigenvalue weighted by molar-refractivity contribution is 0.581. The van der Waals surface area contributed by atoms with Gasteiger partial charge in [0.05, 0.1) is 4.90 Å². The number of benzene rings is 1. The highest BCUT2D eigenvalue weighted by atomic mass is 35.5. The van der Waals surface area contributed by atoms with Gasteiger partial charge < -0.3 is 5.73 Å². The van der Waals surface area contributed by atoms with Crippen molar-refractivity contribution in [2.45, 2.75) is 17.9 Å². The van der Waals surface area contributed by atoms with Gasteiger partial charge in [-0.2, -0.15) is 0 Å². The molecule has 0 unspecified atom stereocenters. The van der Waals surface area contributed by atoms with Crippen molar-refractivity contribution in [1.29, 1.82) is 0 Å². The van der Waals surface area contributed by atoms with Crippen molar-refractivity contribution < 1.29 is 8.42 Å². The van der Waals surface area contributed by atoms with Crippen molar-refractivity contribution in [3.05, 3.63) is 58.9 Å². The summed E-state index contributed by atoms with van der Waals surface area (Å²) >= 11 is 5.93. The first-order valence-corrected chi connectivity index (χ1v) is 8.27. The number of hydrogen-bond donors (Lipinski definition) is 2. The molecule has 2 rings (SSSR count). The van der Waals surface area contributed by atoms with E-state index in [9.17, 15) is 8.42 Å². The molecule has 21 heavy (non-hydrogen) atoms. The molecule has 0 aliphatic heterocycles. The number of rotatable bonds is 6. The Morgan fingerprint density at radius 2 is 2.05 bits per heavy atom. The number of halogens is 1. The molecule has 5 nitrogen and oxygen atoms in total. The van der Waals surface area contributed by atoms with E-state index in [1.54, 1.807) is 6.20 Å². The second kappa shape index (κ2) is 7.00. The lowest BCUT2D eigenvalue weighted by Crippen LogP contribution is -2.26. The molecule has 0 spiro atoms. The van der Waals surface area contributed by atoms with Crippen LogP contribution in [0.25, 0.3) is 0 Å². The summed E-state index contributed by atoms with van der Waals surface area (Å²) in [6.07, 6.45) is 2.20. The summed E-state index contributed by atoms with van der Waals surface area (Å²) in [7, 11) is -3.57. The Morgan fingerprint density at radius 1 is 1.24 bits per heavy atom. The molecular formula is C14H16ClN3O2S. The maximum absolute atomic E-state index is 12.2. The summed E-state index contributed by atoms with van der Waals surface area (Å²) in [5, 5.41) is 0.463. The topological polar surface area (TPSA) is 85.1 Å². The molecule has 3 N–H and O–H groups in total. The van der Waals surface area contributed by atoms with Crippen LogP contribution in [-0.2, 0) is 23.0 Å². The van der Waals surface area contributed by atoms with Gasteiger partial charge in [0, 0.05) is 36.4 Å². The van der Waals surface area contributed by atoms with E-state index in [2.05, 4.69) is 9.71 Å². The van der Waals surface area contributed by atoms with Gasteiger partial charge >= 0.3 is 0 Å². The summed E-state index contributed by atoms with van der Waals surface area (Å²) in [5.74, 6) is 0. The summed E-state index contributed by atoms with van der Waals surface area (Å²) in [4.78, 5) is 4.30. The maximum Gasteiger partial charge on any atom is 0.240 e. The average molecular weight is 326 g/mol. The normalized spacial score (nSPS) is 11.5. The zero-order valence-electron chi connectivity index (χ0n) is 11.3. The molecule has 0 fully saturated rings. The van der Waals surface area contributed by atoms with Crippen molar-refractivity contribution in [2.75, 3.05) is 6.54 Å². The number of sulfonamides is 1. The Kier molecular flexibility index (Phi) is 5.30. The molecule has 0 saturated heterocycles. The first-order valence-electron chi connectivity index (χ1n) is 6.41. The SMILES string of the molecule is NCc1cc(S(=O)(=O)NCCc2ccccn2)ccc1Cl. The predicted molar refractivity (Wildman–Crippen MR) is 82.5 cm³/mol. The summed E-state index contributed by atoms with van der Waals surface area (Å²) in [5.41, 5.74) is 6.96. The van der Waals surface area contributed by atoms with Gasteiger partial charge in [-0.1, -0.05) is 17.7 Å². The number of nitrogens with zero attached hydrogens (tertiary/aromatic N) is 1. The molecule has 1 heterocycles. The number of aromatic nitrogens is 1. The highest BCUT2D eigenvalue weighted by molar-refractivity contribution is 7.89. The molecule has 0 saturated carbocycles. The molecule has 2 aromatic rings. The highest BCUT2D eigenvalue weighted by Crippen LogP contribution is 2.19. The zero-order valence-corrected chi connectivity index (χ0v) is 12.9. The molecular weight excluding hydrogens is 310 g/mol. The molecule has 0 atom stereocenters. The highest BCUT2D eigenvalue weighted by Gasteiger charge is 2.15. The van der Waals surface area contributed by atoms with Gasteiger partial charge in [0.25, 0.3) is 0 Å². The third kappa shape index (κ3) is 4.25. The van der Waals surface area contributed by atoms with E-state index < -0.39 is 10.0 Å². The molecule has 0 radical (unpaired) electrons. The van der Waals surface area contributed by atoms with E-state index in [4.69, 9.17) is 17.3 Å². The van der Waals surface area contributed by atoms with Gasteiger partial charge in [0.1, 0.15) is 0 Å². The van der Waals surface area contributed by atoms with Gasteiger partial charge in [-0.05, 0) is 35.9 Å². The second-order valence-corrected chi connectivity index (χ2v) is 6.60. The van der Waals surface area contributed by atoms with Gasteiger partial charge in [-0.15, -0.1) is 0 Å². The molecule has 112 valence electrons. The molecule has 0 amide bonds. The van der Waals surface area contributed by atoms with Crippen LogP contribution in [-0.4, -0.2) is 19.9 Å². The van der Waals surface area contributed by atoms with E-state index in [1.807, 2.05) is 18.2 Å². The number of nitrogens with two attached hydrogens (primary N) is 1. The number of hydrogen-bond acceptors (Lipinski definition) is 4. The molecule has 1 aromatic heterocycles. The molecule has 1 aromatic carbocycles. The molecule has 0 aliphatic carbocycles. The Bertz CT molecular complexity index is 705. The zero-order chi connectivity index (χ0) is 15.3. The fraction of sp³-hybridized carbons (Fsp3) is 0.214. The van der Waals surface area contributed by atoms with Crippen molar-refractivity contribution >= 4 is 21.6 Å². The minimum absolute atomic E-state index is 0.161. The predicted octanol–water partition coefficient (Wildman–Crippen LogP) is 1.71. The van der Waals surface area contributed by atoms with Gasteiger partial charge in [-0.3, -0.25) is 4.98 Å². The van der Waals surface area contributed by atoms with Gasteiger partial charge in [-0.25, -0.2) is 13.1 Å². The van der Waals surface area contributed by atoms with Crippen LogP contribution in [0.15, 0.2) is 47.5 Å². The van der Waals surface area contributed by atoms with Crippen molar-refractivity contribution in [1.82, 2.24) is 9.71 Å². The summed E-state index contributed by atoms with van der Waals surface area (Å²) < 4.78 is 26.9. The number of nitrogens with one attached hydrogen (secondary N) is 1. The van der Waals surface area contributed by atoms with Crippen LogP contribution in [0.1, 0.15) is 11.3 Å². The van der Waals surface area contributed by atoms with Crippen molar-refractivity contribution in [3.8, 4) is 0 Å². The van der Waals surface area contributed by atoms with Crippen LogP contribution in [0, 0.1) is 0 Å². The van der Waals surface area contributed by atoms with Crippen molar-refractivity contribution in [2.24, 2.45) is 5.73 Å². The lowest BCUT2D eigenvalue weighted by atomic mass is 10.2. The van der Waals surface area contributed by atoms with Crippen molar-refractivity contribution in [3.63, 3.8) is 0 Å². The fourth-order valence-electron chi connectivity index (χ4n) is 1.82. The Morgan fingerprint density at radius 3 is 2.71 bits per heavy atom. The van der Waals surface area contributed by atoms with Crippen LogP contribution in [0.2, 0.25) is 5.02 Å². The smallest absolute Gasteiger partial charge is 0.240 e. The maximum atomic E-state index is 12.2. The Labute approximate surface area is 129 Å². The van der Waals surface area contributed by atoms with Gasteiger partial charge in [0.15, 0.2) is 0 Å². The number of pyridine rings is 1. The Hall–Kier alpha value is -1.47. The van der Waals surface area contributed by atoms with E-state index >= 15 is 0 Å². The largest absolute Gasteiger partial charge is 0.326 e. The van der Waals surface area contributed by atoms with Gasteiger partial charge in [0.2, 0.25) is 10.0 Å². The molecule has 7 heteroatoms. The van der Waals surface area contributed by atoms with E-state index in [1.165, 1.54) is 18.2 Å². The Balaban J connectivity index is 2.05. The minimum atomic E-state index is -3.57. The first-order chi connectivity index (χ1) is 10.0. The lowest BCUT2D eigenvalue weighted by Gasteiger charge is -2.09. The van der Waals surface area contributed by atoms with E-state index in [-0.39, 0.29) is 18.0 Å². The quantitative estimate of drug-likeness (QED) is 0.846. The third-order valence-electron chi connectivity index (χ3n) is 2.95. The van der Waals surface area contributed by atoms with Crippen LogP contribution < -0.4 is 10.5 Å². The summed E-state index contributed by atoms with van der Waals surface area (Å²) in [6, 6.07) is 10.0. The summed E-state index contributed by atoms with van der Waals surface area (Å²) in [6.45, 7) is 0.468. The van der Waals surface area contributed by atoms with Crippen LogP contribution in [0.3, 0.4) is 0 Å². The fourth-order valence-corrected chi connectivity index (χ4v) is 3.09. The van der Waals surface area contributed by atoms with E-state index in [0.717, 1.165) is 5.69 Å². The average Bonchev–Trinajstić information content (AvgIpc) is 2.48. The third-order valence-corrected chi connectivity index (χ3v) is 4.77. The minimum Gasteiger partial charge on any atom is -0.326 e. The van der Waals surface area contributed by atoms with Crippen LogP contribution in [0.4, 0.5) is 0 Å². The first kappa shape index (κ1) is 15.9. The second-order valence-electron chi connectivity index (χ2n) is 4.43. The molecule has 0 aliphatic rings. The van der Waals surface area contributed by atoms with E-state index in [0.29, 0.717) is 17.0 Å². The van der Waals surface area contributed by atoms with Crippen LogP contribution in [0.5, 0.6) is 0 Å². The molecule has 0 bridgehead atoms. The standard InChI is InChI=1S/C14H16ClN3O2S/c15-14-5-4-13(9-11(14)10-16)21(19,20)18-8-6-12-3-1-2-7-17-12/h1-5,7,9,18H,6,8,10,16H2.